The van der Waals surface area contributed by atoms with Gasteiger partial charge in [0.15, 0.2) is 6.23 Å². The molecule has 0 saturated carbocycles. The second-order valence-corrected chi connectivity index (χ2v) is 12.6. The van der Waals surface area contributed by atoms with Crippen LogP contribution >= 0.6 is 18.2 Å². The lowest BCUT2D eigenvalue weighted by Gasteiger charge is -2.28. The van der Waals surface area contributed by atoms with Crippen molar-refractivity contribution in [3.63, 3.8) is 0 Å². The zero-order valence-corrected chi connectivity index (χ0v) is 22.6. The number of hydrogen-bond acceptors (Lipinski definition) is 9. The van der Waals surface area contributed by atoms with Crippen molar-refractivity contribution in [3.8, 4) is 5.75 Å². The molecule has 0 bridgehead atoms. The number of benzene rings is 1. The molecule has 6 atom stereocenters. The van der Waals surface area contributed by atoms with Gasteiger partial charge in [-0.2, -0.15) is 0 Å². The van der Waals surface area contributed by atoms with E-state index in [0.717, 1.165) is 10.6 Å². The van der Waals surface area contributed by atoms with E-state index in [4.69, 9.17) is 41.9 Å². The number of nitrogens with one attached hydrogen (secondary N) is 2. The van der Waals surface area contributed by atoms with E-state index in [0.29, 0.717) is 5.75 Å². The van der Waals surface area contributed by atoms with E-state index in [2.05, 4.69) is 10.1 Å². The van der Waals surface area contributed by atoms with Crippen LogP contribution in [0.15, 0.2) is 52.2 Å². The summed E-state index contributed by atoms with van der Waals surface area (Å²) < 4.78 is 24.1. The van der Waals surface area contributed by atoms with Crippen molar-refractivity contribution in [1.82, 2.24) is 14.6 Å². The predicted molar refractivity (Wildman–Crippen MR) is 137 cm³/mol. The Morgan fingerprint density at radius 3 is 2.58 bits per heavy atom. The number of hydrogen-bond donors (Lipinski definition) is 3. The molecule has 36 heavy (non-hydrogen) atoms. The van der Waals surface area contributed by atoms with Gasteiger partial charge in [0.05, 0.1) is 12.7 Å². The van der Waals surface area contributed by atoms with Crippen LogP contribution in [0.5, 0.6) is 5.75 Å². The first kappa shape index (κ1) is 28.5. The highest BCUT2D eigenvalue weighted by molar-refractivity contribution is 8.09. The molecule has 0 radical (unpaired) electrons. The maximum absolute atomic E-state index is 12.4. The van der Waals surface area contributed by atoms with Gasteiger partial charge in [0.1, 0.15) is 28.9 Å². The Morgan fingerprint density at radius 2 is 1.97 bits per heavy atom. The number of ether oxygens (including phenoxy) is 2. The third-order valence-corrected chi connectivity index (χ3v) is 8.17. The molecule has 3 rings (SSSR count). The van der Waals surface area contributed by atoms with Crippen LogP contribution in [0.3, 0.4) is 0 Å². The third-order valence-electron chi connectivity index (χ3n) is 5.26. The first-order valence-corrected chi connectivity index (χ1v) is 14.2. The number of H-pyrrole nitrogens is 1. The van der Waals surface area contributed by atoms with Gasteiger partial charge in [-0.05, 0) is 51.6 Å². The first-order valence-electron chi connectivity index (χ1n) is 11.1. The fraction of sp³-hybridized carbons (Fsp3) is 0.500. The van der Waals surface area contributed by atoms with Crippen molar-refractivity contribution in [2.24, 2.45) is 0 Å². The predicted octanol–water partition coefficient (Wildman–Crippen LogP) is 2.04. The number of halogens is 1. The van der Waals surface area contributed by atoms with E-state index < -0.39 is 53.2 Å². The molecule has 1 aromatic heterocycles. The number of rotatable bonds is 10. The molecule has 2 aromatic rings. The highest BCUT2D eigenvalue weighted by Gasteiger charge is 2.53. The van der Waals surface area contributed by atoms with E-state index >= 15 is 0 Å². The van der Waals surface area contributed by atoms with Crippen molar-refractivity contribution in [1.29, 1.82) is 0 Å². The average Bonchev–Trinajstić information content (AvgIpc) is 3.01. The molecule has 0 unspecified atom stereocenters. The summed E-state index contributed by atoms with van der Waals surface area (Å²) in [4.78, 5) is 36.8. The number of aromatic amines is 1. The quantitative estimate of drug-likeness (QED) is 0.224. The second kappa shape index (κ2) is 11.6. The van der Waals surface area contributed by atoms with Gasteiger partial charge in [-0.25, -0.2) is 9.88 Å². The van der Waals surface area contributed by atoms with Gasteiger partial charge in [0.25, 0.3) is 5.56 Å². The fourth-order valence-electron chi connectivity index (χ4n) is 3.47. The van der Waals surface area contributed by atoms with Gasteiger partial charge in [-0.1, -0.05) is 18.2 Å². The standard InChI is InChI=1S/C22H29ClN3O8PS/c1-13(2)32-19(29)14(3)25-35(36,34-15-8-6-5-7-9-15)31-12-16-18(28)22(4,23)20(33-16)26-11-10-17(27)24-21(26)30/h5-11,13-14,16,18,20,28H,12H2,1-4H3,(H,25,36)(H,24,27,30)/t14-,16-,18-,20-,22-,35+/m1/s1. The van der Waals surface area contributed by atoms with Crippen LogP contribution in [-0.2, 0) is 30.6 Å². The summed E-state index contributed by atoms with van der Waals surface area (Å²) in [5, 5.41) is 13.8. The lowest BCUT2D eigenvalue weighted by atomic mass is 10.0. The van der Waals surface area contributed by atoms with Crippen LogP contribution in [0, 0.1) is 0 Å². The minimum Gasteiger partial charge on any atom is -0.462 e. The summed E-state index contributed by atoms with van der Waals surface area (Å²) in [5.74, 6) is -0.132. The van der Waals surface area contributed by atoms with Gasteiger partial charge in [-0.3, -0.25) is 19.1 Å². The number of aliphatic hydroxyl groups excluding tert-OH is 1. The normalized spacial score (nSPS) is 26.4. The maximum atomic E-state index is 12.4. The van der Waals surface area contributed by atoms with E-state index in [-0.39, 0.29) is 12.7 Å². The number of alkyl halides is 1. The van der Waals surface area contributed by atoms with Gasteiger partial charge in [-0.15, -0.1) is 11.6 Å². The number of esters is 1. The minimum absolute atomic E-state index is 0.277. The monoisotopic (exact) mass is 561 g/mol. The highest BCUT2D eigenvalue weighted by atomic mass is 35.5. The van der Waals surface area contributed by atoms with E-state index in [1.165, 1.54) is 13.1 Å². The third kappa shape index (κ3) is 6.83. The van der Waals surface area contributed by atoms with Gasteiger partial charge >= 0.3 is 18.3 Å². The van der Waals surface area contributed by atoms with Gasteiger partial charge < -0.3 is 23.6 Å². The van der Waals surface area contributed by atoms with Crippen molar-refractivity contribution >= 4 is 36.0 Å². The van der Waals surface area contributed by atoms with Crippen molar-refractivity contribution < 1.29 is 28.4 Å². The number of para-hydroxylation sites is 1. The Morgan fingerprint density at radius 1 is 1.31 bits per heavy atom. The van der Waals surface area contributed by atoms with Crippen molar-refractivity contribution in [3.05, 3.63) is 63.4 Å². The van der Waals surface area contributed by atoms with Crippen LogP contribution in [0.2, 0.25) is 0 Å². The topological polar surface area (TPSA) is 141 Å². The van der Waals surface area contributed by atoms with E-state index in [9.17, 15) is 19.5 Å². The molecular weight excluding hydrogens is 533 g/mol. The largest absolute Gasteiger partial charge is 0.462 e. The molecule has 2 heterocycles. The summed E-state index contributed by atoms with van der Waals surface area (Å²) in [5.41, 5.74) is -1.33. The molecular formula is C22H29ClN3O8PS. The number of aromatic nitrogens is 2. The number of nitrogens with zero attached hydrogens (tertiary/aromatic N) is 1. The average molecular weight is 562 g/mol. The molecule has 1 aliphatic rings. The molecule has 1 aromatic carbocycles. The summed E-state index contributed by atoms with van der Waals surface area (Å²) in [6.07, 6.45) is -2.51. The Kier molecular flexibility index (Phi) is 9.16. The Hall–Kier alpha value is -2.05. The van der Waals surface area contributed by atoms with Crippen LogP contribution in [0.4, 0.5) is 0 Å². The highest BCUT2D eigenvalue weighted by Crippen LogP contribution is 2.48. The second-order valence-electron chi connectivity index (χ2n) is 8.67. The van der Waals surface area contributed by atoms with Crippen LogP contribution < -0.4 is 20.9 Å². The number of carbonyl (C=O) groups excluding carboxylic acids is 1. The lowest BCUT2D eigenvalue weighted by molar-refractivity contribution is -0.149. The maximum Gasteiger partial charge on any atom is 0.330 e. The Labute approximate surface area is 217 Å². The number of carbonyl (C=O) groups is 1. The van der Waals surface area contributed by atoms with Gasteiger partial charge in [0, 0.05) is 12.3 Å². The summed E-state index contributed by atoms with van der Waals surface area (Å²) in [6, 6.07) is 8.94. The van der Waals surface area contributed by atoms with Crippen molar-refractivity contribution in [2.75, 3.05) is 6.61 Å². The molecule has 3 N–H and O–H groups in total. The summed E-state index contributed by atoms with van der Waals surface area (Å²) in [6.45, 7) is 2.85. The molecule has 11 nitrogen and oxygen atoms in total. The SMILES string of the molecule is CC(C)OC(=O)[C@@H](C)N[P@](=S)(OC[C@H]1O[C@@H](n2ccc(=O)[nH]c2=O)[C@](C)(Cl)[C@@H]1O)Oc1ccccc1. The molecule has 0 aliphatic carbocycles. The lowest BCUT2D eigenvalue weighted by Crippen LogP contribution is -2.43. The molecule has 0 amide bonds. The van der Waals surface area contributed by atoms with E-state index in [1.807, 2.05) is 0 Å². The van der Waals surface area contributed by atoms with E-state index in [1.54, 1.807) is 51.1 Å². The van der Waals surface area contributed by atoms with Gasteiger partial charge in [0.2, 0.25) is 0 Å². The zero-order valence-electron chi connectivity index (χ0n) is 20.1. The fourth-order valence-corrected chi connectivity index (χ4v) is 6.18. The Bertz CT molecular complexity index is 1220. The molecule has 1 aliphatic heterocycles. The summed E-state index contributed by atoms with van der Waals surface area (Å²) >= 11 is 12.2. The molecule has 198 valence electrons. The number of aliphatic hydroxyl groups is 1. The first-order chi connectivity index (χ1) is 16.8. The zero-order chi connectivity index (χ0) is 26.7. The molecule has 14 heteroatoms. The molecule has 1 fully saturated rings. The van der Waals surface area contributed by atoms with Crippen LogP contribution in [0.1, 0.15) is 33.9 Å². The Balaban J connectivity index is 1.80. The van der Waals surface area contributed by atoms with Crippen molar-refractivity contribution in [2.45, 2.75) is 63.2 Å². The van der Waals surface area contributed by atoms with Crippen LogP contribution in [0.25, 0.3) is 0 Å². The summed E-state index contributed by atoms with van der Waals surface area (Å²) in [7, 11) is 0. The van der Waals surface area contributed by atoms with Crippen LogP contribution in [-0.4, -0.2) is 56.5 Å². The molecule has 1 saturated heterocycles. The molecule has 0 spiro atoms. The minimum atomic E-state index is -3.39. The smallest absolute Gasteiger partial charge is 0.330 e.